The topological polar surface area (TPSA) is 105 Å². The molecule has 2 heterocycles. The Labute approximate surface area is 310 Å². The molecule has 52 heavy (non-hydrogen) atoms. The third-order valence-electron chi connectivity index (χ3n) is 14.8. The van der Waals surface area contributed by atoms with E-state index >= 15 is 0 Å². The molecule has 4 aliphatic carbocycles. The summed E-state index contributed by atoms with van der Waals surface area (Å²) in [6.45, 7) is 12.1. The fraction of sp³-hybridized carbons (Fsp3) is 0.600. The lowest BCUT2D eigenvalue weighted by molar-refractivity contribution is -0.122. The molecule has 6 aliphatic rings. The largest absolute Gasteiger partial charge is 0.393 e. The number of likely N-dealkylation sites (tertiary alicyclic amines) is 1. The maximum atomic E-state index is 13.2. The molecule has 1 spiro atoms. The van der Waals surface area contributed by atoms with Gasteiger partial charge in [0.05, 0.1) is 23.9 Å². The first kappa shape index (κ1) is 35.9. The number of piperidine rings is 1. The normalized spacial score (nSPS) is 37.5. The minimum Gasteiger partial charge on any atom is -0.393 e. The van der Waals surface area contributed by atoms with Crippen molar-refractivity contribution < 1.29 is 19.4 Å². The van der Waals surface area contributed by atoms with Crippen molar-refractivity contribution in [3.05, 3.63) is 94.1 Å². The zero-order valence-electron chi connectivity index (χ0n) is 31.7. The summed E-state index contributed by atoms with van der Waals surface area (Å²) in [5, 5.41) is 13.6. The number of aliphatic hydroxyl groups excluding tert-OH is 1. The van der Waals surface area contributed by atoms with Crippen molar-refractivity contribution in [3.63, 3.8) is 0 Å². The lowest BCUT2D eigenvalue weighted by Gasteiger charge is -2.49. The number of aliphatic hydroxyl groups is 1. The van der Waals surface area contributed by atoms with E-state index in [1.54, 1.807) is 5.57 Å². The van der Waals surface area contributed by atoms with Crippen LogP contribution in [-0.2, 0) is 16.0 Å². The molecule has 1 unspecified atom stereocenters. The number of carbonyl (C=O) groups excluding carboxylic acids is 2. The molecule has 0 bridgehead atoms. The molecule has 8 rings (SSSR count). The molecule has 1 amide bonds. The van der Waals surface area contributed by atoms with E-state index in [0.717, 1.165) is 56.7 Å². The van der Waals surface area contributed by atoms with Crippen LogP contribution in [0.3, 0.4) is 0 Å². The molecule has 2 saturated heterocycles. The highest BCUT2D eigenvalue weighted by Crippen LogP contribution is 2.65. The van der Waals surface area contributed by atoms with E-state index in [1.165, 1.54) is 30.4 Å². The van der Waals surface area contributed by atoms with Gasteiger partial charge in [-0.1, -0.05) is 92.6 Å². The zero-order valence-corrected chi connectivity index (χ0v) is 31.7. The standard InChI is InChI=1S/C45H59N3O4/c1-27-22-40-41(48(26-27)21-20-47-43(51)39(46)23-30-10-12-32(13-11-30)42(50)31-8-6-5-7-9-31)29(3)45(52-40)19-17-35-36-15-14-33-24-34(49)16-18-44(33,4)38(36)25-37(35)28(45)2/h5-14,27,29,34-36,38-41,49H,15-26,46H2,1-4H3,(H,47,51)/t27-,29+,34-,35-,36-,38-,39?,40+,41-,44-,45-/m0/s1. The van der Waals surface area contributed by atoms with Crippen LogP contribution < -0.4 is 11.1 Å². The third-order valence-corrected chi connectivity index (χ3v) is 14.8. The highest BCUT2D eigenvalue weighted by atomic mass is 16.5. The highest BCUT2D eigenvalue weighted by Gasteiger charge is 2.61. The quantitative estimate of drug-likeness (QED) is 0.211. The van der Waals surface area contributed by atoms with E-state index in [-0.39, 0.29) is 34.9 Å². The molecule has 2 aliphatic heterocycles. The maximum absolute atomic E-state index is 13.2. The van der Waals surface area contributed by atoms with Crippen LogP contribution in [0.1, 0.15) is 101 Å². The number of rotatable bonds is 8. The molecule has 0 radical (unpaired) electrons. The summed E-state index contributed by atoms with van der Waals surface area (Å²) in [7, 11) is 0. The number of nitrogens with one attached hydrogen (secondary N) is 1. The summed E-state index contributed by atoms with van der Waals surface area (Å²) in [4.78, 5) is 28.6. The van der Waals surface area contributed by atoms with Gasteiger partial charge in [-0.2, -0.15) is 0 Å². The van der Waals surface area contributed by atoms with Gasteiger partial charge in [-0.3, -0.25) is 14.5 Å². The van der Waals surface area contributed by atoms with Crippen LogP contribution in [0.2, 0.25) is 0 Å². The predicted molar refractivity (Wildman–Crippen MR) is 205 cm³/mol. The number of allylic oxidation sites excluding steroid dienone is 2. The Bertz CT molecular complexity index is 1740. The zero-order chi connectivity index (χ0) is 36.4. The van der Waals surface area contributed by atoms with Crippen molar-refractivity contribution in [1.82, 2.24) is 10.2 Å². The van der Waals surface area contributed by atoms with Crippen molar-refractivity contribution in [3.8, 4) is 0 Å². The molecule has 11 atom stereocenters. The predicted octanol–water partition coefficient (Wildman–Crippen LogP) is 6.63. The SMILES string of the molecule is CC1=C2C[C@H]3[C@@H](CC=C4C[C@@H](O)CC[C@@]43C)[C@@H]2CC[C@]12O[C@@H]1C[C@H](C)CN(CCNC(=O)C(N)Cc3ccc(C(=O)c4ccccc4)cc3)[C@H]1[C@H]2C. The van der Waals surface area contributed by atoms with Gasteiger partial charge >= 0.3 is 0 Å². The van der Waals surface area contributed by atoms with Crippen LogP contribution in [-0.4, -0.2) is 71.2 Å². The molecule has 2 aromatic rings. The fourth-order valence-corrected chi connectivity index (χ4v) is 12.1. The molecule has 2 aromatic carbocycles. The van der Waals surface area contributed by atoms with Crippen LogP contribution in [0, 0.1) is 35.0 Å². The molecule has 2 saturated carbocycles. The minimum atomic E-state index is -0.660. The van der Waals surface area contributed by atoms with Gasteiger partial charge in [0, 0.05) is 42.7 Å². The molecule has 278 valence electrons. The molecule has 7 nitrogen and oxygen atoms in total. The second-order valence-corrected chi connectivity index (χ2v) is 17.7. The highest BCUT2D eigenvalue weighted by molar-refractivity contribution is 6.08. The average Bonchev–Trinajstić information content (AvgIpc) is 3.66. The van der Waals surface area contributed by atoms with Crippen LogP contribution in [0.15, 0.2) is 77.4 Å². The molecule has 4 N–H and O–H groups in total. The summed E-state index contributed by atoms with van der Waals surface area (Å²) in [5.41, 5.74) is 13.4. The van der Waals surface area contributed by atoms with Crippen molar-refractivity contribution >= 4 is 11.7 Å². The number of amides is 1. The van der Waals surface area contributed by atoms with Gasteiger partial charge in [0.25, 0.3) is 0 Å². The van der Waals surface area contributed by atoms with E-state index in [0.29, 0.717) is 53.8 Å². The van der Waals surface area contributed by atoms with Crippen LogP contribution in [0.4, 0.5) is 0 Å². The smallest absolute Gasteiger partial charge is 0.237 e. The average molecular weight is 706 g/mol. The Morgan fingerprint density at radius 1 is 1.04 bits per heavy atom. The van der Waals surface area contributed by atoms with Crippen LogP contribution in [0.25, 0.3) is 0 Å². The second kappa shape index (κ2) is 14.0. The third kappa shape index (κ3) is 6.14. The second-order valence-electron chi connectivity index (χ2n) is 17.7. The van der Waals surface area contributed by atoms with Crippen LogP contribution >= 0.6 is 0 Å². The van der Waals surface area contributed by atoms with Gasteiger partial charge in [-0.25, -0.2) is 0 Å². The first-order valence-electron chi connectivity index (χ1n) is 20.2. The lowest BCUT2D eigenvalue weighted by Crippen LogP contribution is -2.54. The molecule has 7 heteroatoms. The Morgan fingerprint density at radius 2 is 1.79 bits per heavy atom. The number of hydrogen-bond donors (Lipinski definition) is 3. The van der Waals surface area contributed by atoms with Crippen molar-refractivity contribution in [2.75, 3.05) is 19.6 Å². The lowest BCUT2D eigenvalue weighted by atomic mass is 9.56. The number of nitrogens with zero attached hydrogens (tertiary/aromatic N) is 1. The monoisotopic (exact) mass is 705 g/mol. The van der Waals surface area contributed by atoms with Gasteiger partial charge in [-0.05, 0) is 105 Å². The number of ether oxygens (including phenoxy) is 1. The van der Waals surface area contributed by atoms with E-state index < -0.39 is 6.04 Å². The molecule has 4 fully saturated rings. The van der Waals surface area contributed by atoms with E-state index in [2.05, 4.69) is 44.0 Å². The number of hydrogen-bond acceptors (Lipinski definition) is 6. The molecular weight excluding hydrogens is 647 g/mol. The van der Waals surface area contributed by atoms with Crippen LogP contribution in [0.5, 0.6) is 0 Å². The van der Waals surface area contributed by atoms with Gasteiger partial charge in [-0.15, -0.1) is 0 Å². The summed E-state index contributed by atoms with van der Waals surface area (Å²) in [6, 6.07) is 16.4. The Kier molecular flexibility index (Phi) is 9.63. The first-order valence-corrected chi connectivity index (χ1v) is 20.2. The molecule has 0 aromatic heterocycles. The van der Waals surface area contributed by atoms with Gasteiger partial charge in [0.2, 0.25) is 5.91 Å². The van der Waals surface area contributed by atoms with E-state index in [4.69, 9.17) is 10.5 Å². The maximum Gasteiger partial charge on any atom is 0.237 e. The summed E-state index contributed by atoms with van der Waals surface area (Å²) < 4.78 is 7.33. The van der Waals surface area contributed by atoms with Gasteiger partial charge in [0.15, 0.2) is 5.78 Å². The van der Waals surface area contributed by atoms with Crippen molar-refractivity contribution in [2.45, 2.75) is 115 Å². The van der Waals surface area contributed by atoms with E-state index in [9.17, 15) is 14.7 Å². The Balaban J connectivity index is 0.899. The summed E-state index contributed by atoms with van der Waals surface area (Å²) >= 11 is 0. The molecular formula is C45H59N3O4. The summed E-state index contributed by atoms with van der Waals surface area (Å²) in [6.07, 6.45) is 11.7. The van der Waals surface area contributed by atoms with Crippen molar-refractivity contribution in [2.24, 2.45) is 40.7 Å². The Hall–Kier alpha value is -3.10. The fourth-order valence-electron chi connectivity index (χ4n) is 12.1. The van der Waals surface area contributed by atoms with Gasteiger partial charge in [0.1, 0.15) is 0 Å². The number of benzene rings is 2. The number of nitrogens with two attached hydrogens (primary N) is 1. The number of carbonyl (C=O) groups is 2. The minimum absolute atomic E-state index is 0.0148. The van der Waals surface area contributed by atoms with Crippen molar-refractivity contribution in [1.29, 1.82) is 0 Å². The number of fused-ring (bicyclic) bond motifs is 6. The first-order chi connectivity index (χ1) is 25.0. The Morgan fingerprint density at radius 3 is 2.56 bits per heavy atom. The summed E-state index contributed by atoms with van der Waals surface area (Å²) in [5.74, 6) is 2.82. The van der Waals surface area contributed by atoms with E-state index in [1.807, 2.05) is 54.6 Å². The van der Waals surface area contributed by atoms with Gasteiger partial charge < -0.3 is 20.9 Å². The number of ketones is 1.